The van der Waals surface area contributed by atoms with Crippen LogP contribution in [0.1, 0.15) is 46.5 Å². The standard InChI is InChI=1S/C14H29N3O3/c1-12(2)11-16-19-9-7-5-6-8-10-20-17-13(3)14(18)15-4/h12,16H,5-11H2,1-4H3,(H,15,18). The Labute approximate surface area is 122 Å². The monoisotopic (exact) mass is 287 g/mol. The minimum Gasteiger partial charge on any atom is -0.395 e. The van der Waals surface area contributed by atoms with Crippen molar-refractivity contribution in [2.24, 2.45) is 11.1 Å². The molecule has 0 heterocycles. The number of hydroxylamine groups is 1. The molecule has 118 valence electrons. The molecule has 6 heteroatoms. The van der Waals surface area contributed by atoms with E-state index in [1.807, 2.05) is 0 Å². The number of hydrogen-bond acceptors (Lipinski definition) is 5. The first-order valence-corrected chi connectivity index (χ1v) is 7.31. The molecule has 20 heavy (non-hydrogen) atoms. The maximum absolute atomic E-state index is 11.1. The lowest BCUT2D eigenvalue weighted by Crippen LogP contribution is -2.25. The van der Waals surface area contributed by atoms with Crippen LogP contribution in [0.4, 0.5) is 0 Å². The van der Waals surface area contributed by atoms with E-state index >= 15 is 0 Å². The van der Waals surface area contributed by atoms with E-state index in [1.54, 1.807) is 14.0 Å². The Hall–Kier alpha value is -1.14. The van der Waals surface area contributed by atoms with Crippen molar-refractivity contribution < 1.29 is 14.5 Å². The van der Waals surface area contributed by atoms with Gasteiger partial charge in [-0.1, -0.05) is 25.4 Å². The van der Waals surface area contributed by atoms with Gasteiger partial charge in [-0.2, -0.15) is 0 Å². The summed E-state index contributed by atoms with van der Waals surface area (Å²) in [6.45, 7) is 8.08. The molecular weight excluding hydrogens is 258 g/mol. The molecule has 0 aromatic rings. The lowest BCUT2D eigenvalue weighted by atomic mass is 10.2. The van der Waals surface area contributed by atoms with E-state index in [0.717, 1.165) is 38.8 Å². The second-order valence-corrected chi connectivity index (χ2v) is 5.09. The van der Waals surface area contributed by atoms with E-state index in [2.05, 4.69) is 29.8 Å². The number of oxime groups is 1. The highest BCUT2D eigenvalue weighted by atomic mass is 16.6. The Morgan fingerprint density at radius 3 is 2.40 bits per heavy atom. The Morgan fingerprint density at radius 1 is 1.15 bits per heavy atom. The summed E-state index contributed by atoms with van der Waals surface area (Å²) >= 11 is 0. The molecule has 0 rings (SSSR count). The zero-order chi connectivity index (χ0) is 15.2. The van der Waals surface area contributed by atoms with Crippen molar-refractivity contribution in [2.45, 2.75) is 46.5 Å². The van der Waals surface area contributed by atoms with Crippen molar-refractivity contribution in [3.8, 4) is 0 Å². The van der Waals surface area contributed by atoms with Gasteiger partial charge in [-0.05, 0) is 32.1 Å². The van der Waals surface area contributed by atoms with Gasteiger partial charge in [-0.15, -0.1) is 0 Å². The maximum atomic E-state index is 11.1. The largest absolute Gasteiger partial charge is 0.395 e. The summed E-state index contributed by atoms with van der Waals surface area (Å²) in [6.07, 6.45) is 4.14. The maximum Gasteiger partial charge on any atom is 0.268 e. The molecule has 0 aliphatic heterocycles. The van der Waals surface area contributed by atoms with E-state index in [1.165, 1.54) is 0 Å². The molecule has 0 saturated carbocycles. The Bertz CT molecular complexity index is 281. The molecule has 1 amide bonds. The fraction of sp³-hybridized carbons (Fsp3) is 0.857. The van der Waals surface area contributed by atoms with Gasteiger partial charge in [0, 0.05) is 13.6 Å². The average Bonchev–Trinajstić information content (AvgIpc) is 2.43. The normalized spacial score (nSPS) is 11.8. The first-order chi connectivity index (χ1) is 9.57. The van der Waals surface area contributed by atoms with E-state index in [0.29, 0.717) is 18.2 Å². The van der Waals surface area contributed by atoms with Crippen LogP contribution in [0.25, 0.3) is 0 Å². The fourth-order valence-corrected chi connectivity index (χ4v) is 1.36. The molecule has 0 aromatic heterocycles. The highest BCUT2D eigenvalue weighted by Gasteiger charge is 2.02. The molecule has 0 radical (unpaired) electrons. The molecule has 0 saturated heterocycles. The Morgan fingerprint density at radius 2 is 1.80 bits per heavy atom. The molecule has 0 aliphatic rings. The molecule has 0 fully saturated rings. The second-order valence-electron chi connectivity index (χ2n) is 5.09. The van der Waals surface area contributed by atoms with Crippen molar-refractivity contribution in [1.29, 1.82) is 0 Å². The number of nitrogens with one attached hydrogen (secondary N) is 2. The highest BCUT2D eigenvalue weighted by molar-refractivity contribution is 6.37. The number of amides is 1. The third-order valence-corrected chi connectivity index (χ3v) is 2.58. The minimum atomic E-state index is -0.212. The van der Waals surface area contributed by atoms with Crippen LogP contribution in [0.2, 0.25) is 0 Å². The molecule has 0 atom stereocenters. The number of nitrogens with zero attached hydrogens (tertiary/aromatic N) is 1. The van der Waals surface area contributed by atoms with Gasteiger partial charge in [0.1, 0.15) is 12.3 Å². The molecule has 0 bridgehead atoms. The summed E-state index contributed by atoms with van der Waals surface area (Å²) in [7, 11) is 1.57. The summed E-state index contributed by atoms with van der Waals surface area (Å²) in [4.78, 5) is 21.5. The van der Waals surface area contributed by atoms with Crippen LogP contribution in [-0.4, -0.2) is 38.4 Å². The van der Waals surface area contributed by atoms with Crippen LogP contribution in [0.5, 0.6) is 0 Å². The van der Waals surface area contributed by atoms with E-state index < -0.39 is 0 Å². The number of unbranched alkanes of at least 4 members (excludes halogenated alkanes) is 3. The first kappa shape index (κ1) is 18.9. The summed E-state index contributed by atoms with van der Waals surface area (Å²) in [6, 6.07) is 0. The molecule has 6 nitrogen and oxygen atoms in total. The zero-order valence-electron chi connectivity index (χ0n) is 13.2. The van der Waals surface area contributed by atoms with Gasteiger partial charge in [0.2, 0.25) is 0 Å². The molecule has 0 aliphatic carbocycles. The third-order valence-electron chi connectivity index (χ3n) is 2.58. The predicted molar refractivity (Wildman–Crippen MR) is 80.4 cm³/mol. The van der Waals surface area contributed by atoms with Crippen LogP contribution >= 0.6 is 0 Å². The average molecular weight is 287 g/mol. The van der Waals surface area contributed by atoms with E-state index in [4.69, 9.17) is 9.68 Å². The fourth-order valence-electron chi connectivity index (χ4n) is 1.36. The molecule has 0 spiro atoms. The number of hydrogen-bond donors (Lipinski definition) is 2. The van der Waals surface area contributed by atoms with Crippen LogP contribution in [0.15, 0.2) is 5.16 Å². The van der Waals surface area contributed by atoms with Crippen molar-refractivity contribution in [3.63, 3.8) is 0 Å². The van der Waals surface area contributed by atoms with Crippen LogP contribution in [-0.2, 0) is 14.5 Å². The number of carbonyl (C=O) groups is 1. The predicted octanol–water partition coefficient (Wildman–Crippen LogP) is 1.86. The Kier molecular flexibility index (Phi) is 12.1. The molecular formula is C14H29N3O3. The molecule has 0 aromatic carbocycles. The summed E-state index contributed by atoms with van der Waals surface area (Å²) in [5.41, 5.74) is 3.29. The highest BCUT2D eigenvalue weighted by Crippen LogP contribution is 2.00. The lowest BCUT2D eigenvalue weighted by molar-refractivity contribution is -0.114. The molecule has 2 N–H and O–H groups in total. The van der Waals surface area contributed by atoms with Crippen molar-refractivity contribution in [1.82, 2.24) is 10.8 Å². The van der Waals surface area contributed by atoms with Crippen LogP contribution < -0.4 is 10.8 Å². The van der Waals surface area contributed by atoms with Gasteiger partial charge >= 0.3 is 0 Å². The Balaban J connectivity index is 3.27. The van der Waals surface area contributed by atoms with Gasteiger partial charge < -0.3 is 15.0 Å². The van der Waals surface area contributed by atoms with Crippen molar-refractivity contribution >= 4 is 11.6 Å². The summed E-state index contributed by atoms with van der Waals surface area (Å²) in [5.74, 6) is 0.391. The number of rotatable bonds is 12. The van der Waals surface area contributed by atoms with Gasteiger partial charge in [-0.3, -0.25) is 4.79 Å². The third kappa shape index (κ3) is 11.9. The smallest absolute Gasteiger partial charge is 0.268 e. The molecule has 0 unspecified atom stereocenters. The van der Waals surface area contributed by atoms with Crippen molar-refractivity contribution in [2.75, 3.05) is 26.8 Å². The van der Waals surface area contributed by atoms with Crippen molar-refractivity contribution in [3.05, 3.63) is 0 Å². The number of carbonyl (C=O) groups excluding carboxylic acids is 1. The first-order valence-electron chi connectivity index (χ1n) is 7.31. The van der Waals surface area contributed by atoms with Gasteiger partial charge in [0.15, 0.2) is 0 Å². The van der Waals surface area contributed by atoms with E-state index in [9.17, 15) is 4.79 Å². The van der Waals surface area contributed by atoms with E-state index in [-0.39, 0.29) is 5.91 Å². The second kappa shape index (κ2) is 12.9. The topological polar surface area (TPSA) is 72.0 Å². The van der Waals surface area contributed by atoms with Gasteiger partial charge in [0.05, 0.1) is 6.61 Å². The van der Waals surface area contributed by atoms with Crippen LogP contribution in [0.3, 0.4) is 0 Å². The minimum absolute atomic E-state index is 0.212. The quantitative estimate of drug-likeness (QED) is 0.326. The summed E-state index contributed by atoms with van der Waals surface area (Å²) < 4.78 is 0. The zero-order valence-corrected chi connectivity index (χ0v) is 13.2. The summed E-state index contributed by atoms with van der Waals surface area (Å²) in [5, 5.41) is 6.23. The van der Waals surface area contributed by atoms with Gasteiger partial charge in [-0.25, -0.2) is 5.48 Å². The van der Waals surface area contributed by atoms with Crippen LogP contribution in [0, 0.1) is 5.92 Å². The van der Waals surface area contributed by atoms with Gasteiger partial charge in [0.25, 0.3) is 5.91 Å². The lowest BCUT2D eigenvalue weighted by Gasteiger charge is -2.07. The SMILES string of the molecule is CNC(=O)C(C)=NOCCCCCCONCC(C)C.